The number of nitrogens with one attached hydrogen (secondary N) is 1. The van der Waals surface area contributed by atoms with E-state index >= 15 is 0 Å². The second-order valence-electron chi connectivity index (χ2n) is 9.35. The SMILES string of the molecule is Cl.O=C(NCc1ccc(F)cc1)C1(N2CCN(Cc3ccc(F)cc3)CC2)Cc2ccccc2C1. The molecular formula is C28H30ClF2N3O. The first-order chi connectivity index (χ1) is 16.5. The third-order valence-corrected chi connectivity index (χ3v) is 7.17. The molecular weight excluding hydrogens is 468 g/mol. The zero-order chi connectivity index (χ0) is 23.5. The van der Waals surface area contributed by atoms with Gasteiger partial charge in [-0.3, -0.25) is 14.6 Å². The Labute approximate surface area is 211 Å². The van der Waals surface area contributed by atoms with Gasteiger partial charge >= 0.3 is 0 Å². The Morgan fingerprint density at radius 2 is 1.29 bits per heavy atom. The van der Waals surface area contributed by atoms with Crippen molar-refractivity contribution >= 4 is 18.3 Å². The number of fused-ring (bicyclic) bond motifs is 1. The van der Waals surface area contributed by atoms with Gasteiger partial charge in [0.05, 0.1) is 0 Å². The van der Waals surface area contributed by atoms with E-state index in [1.54, 1.807) is 12.1 Å². The molecule has 2 aliphatic rings. The molecule has 1 amide bonds. The Hall–Kier alpha value is -2.80. The van der Waals surface area contributed by atoms with E-state index in [4.69, 9.17) is 0 Å². The number of rotatable bonds is 6. The maximum Gasteiger partial charge on any atom is 0.241 e. The molecule has 1 aliphatic carbocycles. The van der Waals surface area contributed by atoms with E-state index in [9.17, 15) is 13.6 Å². The molecule has 1 N–H and O–H groups in total. The molecule has 1 fully saturated rings. The quantitative estimate of drug-likeness (QED) is 0.549. The van der Waals surface area contributed by atoms with Gasteiger partial charge in [-0.2, -0.15) is 0 Å². The van der Waals surface area contributed by atoms with Crippen LogP contribution in [0.2, 0.25) is 0 Å². The van der Waals surface area contributed by atoms with E-state index in [2.05, 4.69) is 27.2 Å². The van der Waals surface area contributed by atoms with Crippen LogP contribution in [0.5, 0.6) is 0 Å². The molecule has 4 nitrogen and oxygen atoms in total. The van der Waals surface area contributed by atoms with Crippen molar-refractivity contribution in [3.63, 3.8) is 0 Å². The molecule has 3 aromatic carbocycles. The predicted octanol–water partition coefficient (Wildman–Crippen LogP) is 4.36. The van der Waals surface area contributed by atoms with Crippen LogP contribution in [0.4, 0.5) is 8.78 Å². The van der Waals surface area contributed by atoms with E-state index < -0.39 is 5.54 Å². The topological polar surface area (TPSA) is 35.6 Å². The lowest BCUT2D eigenvalue weighted by Gasteiger charge is -2.45. The van der Waals surface area contributed by atoms with Crippen LogP contribution in [-0.4, -0.2) is 47.4 Å². The average molecular weight is 498 g/mol. The Kier molecular flexibility index (Phi) is 7.85. The van der Waals surface area contributed by atoms with Gasteiger partial charge in [0.2, 0.25) is 5.91 Å². The van der Waals surface area contributed by atoms with Crippen molar-refractivity contribution in [1.82, 2.24) is 15.1 Å². The van der Waals surface area contributed by atoms with Gasteiger partial charge in [0.15, 0.2) is 0 Å². The van der Waals surface area contributed by atoms with Crippen molar-refractivity contribution in [3.8, 4) is 0 Å². The molecule has 5 rings (SSSR count). The summed E-state index contributed by atoms with van der Waals surface area (Å²) in [7, 11) is 0. The van der Waals surface area contributed by atoms with Crippen molar-refractivity contribution in [3.05, 3.63) is 107 Å². The molecule has 184 valence electrons. The normalized spacial score (nSPS) is 17.4. The van der Waals surface area contributed by atoms with E-state index in [1.807, 2.05) is 24.3 Å². The van der Waals surface area contributed by atoms with Crippen LogP contribution in [0, 0.1) is 11.6 Å². The lowest BCUT2D eigenvalue weighted by atomic mass is 9.90. The first kappa shape index (κ1) is 25.3. The molecule has 35 heavy (non-hydrogen) atoms. The first-order valence-electron chi connectivity index (χ1n) is 11.8. The van der Waals surface area contributed by atoms with Crippen LogP contribution in [0.3, 0.4) is 0 Å². The summed E-state index contributed by atoms with van der Waals surface area (Å²) in [5.74, 6) is -0.473. The fourth-order valence-electron chi connectivity index (χ4n) is 5.25. The summed E-state index contributed by atoms with van der Waals surface area (Å²) < 4.78 is 26.5. The lowest BCUT2D eigenvalue weighted by molar-refractivity contribution is -0.135. The summed E-state index contributed by atoms with van der Waals surface area (Å²) in [6.07, 6.45) is 1.38. The van der Waals surface area contributed by atoms with Gasteiger partial charge in [-0.1, -0.05) is 48.5 Å². The van der Waals surface area contributed by atoms with Crippen LogP contribution in [0.1, 0.15) is 22.3 Å². The Bertz CT molecular complexity index is 1120. The number of nitrogens with zero attached hydrogens (tertiary/aromatic N) is 2. The zero-order valence-corrected chi connectivity index (χ0v) is 20.4. The van der Waals surface area contributed by atoms with Crippen LogP contribution in [0.25, 0.3) is 0 Å². The third kappa shape index (κ3) is 5.56. The predicted molar refractivity (Wildman–Crippen MR) is 135 cm³/mol. The summed E-state index contributed by atoms with van der Waals surface area (Å²) in [4.78, 5) is 18.4. The fraction of sp³-hybridized carbons (Fsp3) is 0.321. The van der Waals surface area contributed by atoms with Crippen LogP contribution >= 0.6 is 12.4 Å². The van der Waals surface area contributed by atoms with Crippen molar-refractivity contribution in [2.24, 2.45) is 0 Å². The lowest BCUT2D eigenvalue weighted by Crippen LogP contribution is -2.64. The molecule has 1 heterocycles. The highest BCUT2D eigenvalue weighted by Crippen LogP contribution is 2.36. The van der Waals surface area contributed by atoms with Gasteiger partial charge in [-0.15, -0.1) is 12.4 Å². The maximum absolute atomic E-state index is 13.7. The molecule has 1 saturated heterocycles. The first-order valence-corrected chi connectivity index (χ1v) is 11.8. The van der Waals surface area contributed by atoms with E-state index in [0.29, 0.717) is 19.4 Å². The van der Waals surface area contributed by atoms with Gasteiger partial charge in [-0.05, 0) is 46.5 Å². The summed E-state index contributed by atoms with van der Waals surface area (Å²) in [6, 6.07) is 21.2. The minimum atomic E-state index is -0.619. The second kappa shape index (κ2) is 10.9. The second-order valence-corrected chi connectivity index (χ2v) is 9.35. The molecule has 0 spiro atoms. The van der Waals surface area contributed by atoms with E-state index in [-0.39, 0.29) is 29.9 Å². The van der Waals surface area contributed by atoms with E-state index in [1.165, 1.54) is 35.4 Å². The van der Waals surface area contributed by atoms with Crippen LogP contribution in [0.15, 0.2) is 72.8 Å². The minimum absolute atomic E-state index is 0. The van der Waals surface area contributed by atoms with Crippen LogP contribution in [-0.2, 0) is 30.7 Å². The molecule has 0 radical (unpaired) electrons. The van der Waals surface area contributed by atoms with Gasteiger partial charge in [-0.25, -0.2) is 8.78 Å². The van der Waals surface area contributed by atoms with Gasteiger partial charge in [0.25, 0.3) is 0 Å². The summed E-state index contributed by atoms with van der Waals surface area (Å²) >= 11 is 0. The third-order valence-electron chi connectivity index (χ3n) is 7.17. The Balaban J connectivity index is 0.00000289. The molecule has 0 unspecified atom stereocenters. The number of carbonyl (C=O) groups is 1. The smallest absolute Gasteiger partial charge is 0.241 e. The van der Waals surface area contributed by atoms with Crippen molar-refractivity contribution in [2.75, 3.05) is 26.2 Å². The number of hydrogen-bond donors (Lipinski definition) is 1. The van der Waals surface area contributed by atoms with E-state index in [0.717, 1.165) is 43.9 Å². The summed E-state index contributed by atoms with van der Waals surface area (Å²) in [5.41, 5.74) is 3.81. The molecule has 7 heteroatoms. The number of hydrogen-bond acceptors (Lipinski definition) is 3. The standard InChI is InChI=1S/C28H29F2N3O.ClH/c29-25-9-5-21(6-10-25)19-31-27(34)28(17-23-3-1-2-4-24(23)18-28)33-15-13-32(14-16-33)20-22-7-11-26(30)12-8-22;/h1-12H,13-20H2,(H,31,34);1H. The molecule has 0 aromatic heterocycles. The van der Waals surface area contributed by atoms with Crippen LogP contribution < -0.4 is 5.32 Å². The van der Waals surface area contributed by atoms with Gasteiger partial charge < -0.3 is 5.32 Å². The number of carbonyl (C=O) groups excluding carboxylic acids is 1. The fourth-order valence-corrected chi connectivity index (χ4v) is 5.25. The maximum atomic E-state index is 13.7. The molecule has 0 saturated carbocycles. The number of piperazine rings is 1. The molecule has 1 aliphatic heterocycles. The summed E-state index contributed by atoms with van der Waals surface area (Å²) in [5, 5.41) is 3.14. The number of amides is 1. The number of halogens is 3. The summed E-state index contributed by atoms with van der Waals surface area (Å²) in [6.45, 7) is 4.43. The monoisotopic (exact) mass is 497 g/mol. The number of benzene rings is 3. The highest BCUT2D eigenvalue weighted by Gasteiger charge is 2.48. The Morgan fingerprint density at radius 1 is 0.771 bits per heavy atom. The highest BCUT2D eigenvalue weighted by molar-refractivity contribution is 5.88. The minimum Gasteiger partial charge on any atom is -0.350 e. The zero-order valence-electron chi connectivity index (χ0n) is 19.6. The van der Waals surface area contributed by atoms with Crippen molar-refractivity contribution in [2.45, 2.75) is 31.5 Å². The largest absolute Gasteiger partial charge is 0.350 e. The average Bonchev–Trinajstić information content (AvgIpc) is 3.26. The molecule has 0 atom stereocenters. The van der Waals surface area contributed by atoms with Crippen molar-refractivity contribution in [1.29, 1.82) is 0 Å². The van der Waals surface area contributed by atoms with Gasteiger partial charge in [0.1, 0.15) is 17.2 Å². The molecule has 3 aromatic rings. The van der Waals surface area contributed by atoms with Gasteiger partial charge in [0, 0.05) is 52.1 Å². The molecule has 0 bridgehead atoms. The highest BCUT2D eigenvalue weighted by atomic mass is 35.5. The van der Waals surface area contributed by atoms with Crippen molar-refractivity contribution < 1.29 is 13.6 Å². The Morgan fingerprint density at radius 3 is 1.83 bits per heavy atom.